The third kappa shape index (κ3) is 2.95. The number of nitrogens with zero attached hydrogens (tertiary/aromatic N) is 3. The Morgan fingerprint density at radius 1 is 1.41 bits per heavy atom. The molecular weight excluding hydrogens is 322 g/mol. The first kappa shape index (κ1) is 14.9. The number of thiazole rings is 1. The number of hydrogen-bond donors (Lipinski definition) is 2. The van der Waals surface area contributed by atoms with Gasteiger partial charge in [-0.1, -0.05) is 11.3 Å². The van der Waals surface area contributed by atoms with E-state index in [0.29, 0.717) is 16.3 Å². The minimum Gasteiger partial charge on any atom is -0.376 e. The Hall–Kier alpha value is -2.00. The molecule has 3 rings (SSSR count). The first-order chi connectivity index (χ1) is 10.5. The van der Waals surface area contributed by atoms with Crippen molar-refractivity contribution in [1.82, 2.24) is 4.98 Å². The fourth-order valence-corrected chi connectivity index (χ4v) is 3.70. The Balaban J connectivity index is 2.06. The monoisotopic (exact) mass is 337 g/mol. The fraction of sp³-hybridized carbons (Fsp3) is 0.385. The summed E-state index contributed by atoms with van der Waals surface area (Å²) in [6.45, 7) is 1.70. The lowest BCUT2D eigenvalue weighted by atomic mass is 10.1. The van der Waals surface area contributed by atoms with Crippen LogP contribution in [0.5, 0.6) is 0 Å². The number of aromatic nitrogens is 1. The van der Waals surface area contributed by atoms with Crippen molar-refractivity contribution in [2.45, 2.75) is 19.3 Å². The SMILES string of the molecule is NC(=S)Nc1nc2cc([N+](=O)[O-])c(N3CCCCC3)cc2s1. The molecule has 0 unspecified atom stereocenters. The van der Waals surface area contributed by atoms with Crippen LogP contribution in [0, 0.1) is 10.1 Å². The van der Waals surface area contributed by atoms with Crippen molar-refractivity contribution in [3.05, 3.63) is 22.2 Å². The average Bonchev–Trinajstić information content (AvgIpc) is 2.87. The number of piperidine rings is 1. The fourth-order valence-electron chi connectivity index (χ4n) is 2.65. The number of hydrogen-bond acceptors (Lipinski definition) is 6. The van der Waals surface area contributed by atoms with E-state index in [9.17, 15) is 10.1 Å². The Kier molecular flexibility index (Phi) is 4.08. The van der Waals surface area contributed by atoms with Crippen molar-refractivity contribution in [1.29, 1.82) is 0 Å². The smallest absolute Gasteiger partial charge is 0.294 e. The van der Waals surface area contributed by atoms with Crippen LogP contribution >= 0.6 is 23.6 Å². The van der Waals surface area contributed by atoms with E-state index < -0.39 is 0 Å². The highest BCUT2D eigenvalue weighted by Gasteiger charge is 2.23. The number of nitrogens with two attached hydrogens (primary N) is 1. The Morgan fingerprint density at radius 2 is 2.14 bits per heavy atom. The van der Waals surface area contributed by atoms with E-state index >= 15 is 0 Å². The number of benzene rings is 1. The van der Waals surface area contributed by atoms with Crippen molar-refractivity contribution < 1.29 is 4.92 Å². The number of nitrogens with one attached hydrogen (secondary N) is 1. The number of nitro groups is 1. The molecular formula is C13H15N5O2S2. The van der Waals surface area contributed by atoms with Gasteiger partial charge in [-0.3, -0.25) is 10.1 Å². The van der Waals surface area contributed by atoms with Gasteiger partial charge < -0.3 is 16.0 Å². The quantitative estimate of drug-likeness (QED) is 0.505. The molecule has 3 N–H and O–H groups in total. The summed E-state index contributed by atoms with van der Waals surface area (Å²) in [5, 5.41) is 14.8. The average molecular weight is 337 g/mol. The molecule has 0 atom stereocenters. The highest BCUT2D eigenvalue weighted by molar-refractivity contribution is 7.80. The van der Waals surface area contributed by atoms with E-state index in [-0.39, 0.29) is 15.7 Å². The second-order valence-corrected chi connectivity index (χ2v) is 6.59. The largest absolute Gasteiger partial charge is 0.376 e. The van der Waals surface area contributed by atoms with Crippen molar-refractivity contribution in [3.63, 3.8) is 0 Å². The van der Waals surface area contributed by atoms with Crippen LogP contribution in [0.25, 0.3) is 10.2 Å². The molecule has 9 heteroatoms. The van der Waals surface area contributed by atoms with E-state index in [1.54, 1.807) is 0 Å². The summed E-state index contributed by atoms with van der Waals surface area (Å²) in [5.41, 5.74) is 6.79. The molecule has 0 radical (unpaired) electrons. The van der Waals surface area contributed by atoms with Crippen molar-refractivity contribution in [3.8, 4) is 0 Å². The molecule has 2 aromatic rings. The van der Waals surface area contributed by atoms with E-state index in [1.165, 1.54) is 23.8 Å². The predicted octanol–water partition coefficient (Wildman–Crippen LogP) is 2.85. The van der Waals surface area contributed by atoms with Crippen LogP contribution in [0.1, 0.15) is 19.3 Å². The van der Waals surface area contributed by atoms with Crippen LogP contribution in [-0.4, -0.2) is 28.1 Å². The van der Waals surface area contributed by atoms with Gasteiger partial charge >= 0.3 is 0 Å². The lowest BCUT2D eigenvalue weighted by molar-refractivity contribution is -0.384. The van der Waals surface area contributed by atoms with E-state index in [0.717, 1.165) is 30.6 Å². The maximum Gasteiger partial charge on any atom is 0.294 e. The summed E-state index contributed by atoms with van der Waals surface area (Å²) in [7, 11) is 0. The summed E-state index contributed by atoms with van der Waals surface area (Å²) in [4.78, 5) is 17.4. The van der Waals surface area contributed by atoms with Crippen molar-refractivity contribution in [2.24, 2.45) is 5.73 Å². The molecule has 116 valence electrons. The Morgan fingerprint density at radius 3 is 2.77 bits per heavy atom. The third-order valence-corrected chi connectivity index (χ3v) is 4.64. The number of nitro benzene ring substituents is 1. The van der Waals surface area contributed by atoms with Gasteiger partial charge in [0.05, 0.1) is 15.1 Å². The topological polar surface area (TPSA) is 97.3 Å². The summed E-state index contributed by atoms with van der Waals surface area (Å²) in [5.74, 6) is 0. The number of fused-ring (bicyclic) bond motifs is 1. The van der Waals surface area contributed by atoms with E-state index in [2.05, 4.69) is 15.2 Å². The zero-order chi connectivity index (χ0) is 15.7. The molecule has 2 heterocycles. The van der Waals surface area contributed by atoms with Crippen LogP contribution in [0.15, 0.2) is 12.1 Å². The molecule has 1 fully saturated rings. The summed E-state index contributed by atoms with van der Waals surface area (Å²) >= 11 is 6.18. The molecule has 0 bridgehead atoms. The van der Waals surface area contributed by atoms with Crippen molar-refractivity contribution in [2.75, 3.05) is 23.3 Å². The highest BCUT2D eigenvalue weighted by Crippen LogP contribution is 2.37. The molecule has 0 aliphatic carbocycles. The molecule has 22 heavy (non-hydrogen) atoms. The first-order valence-electron chi connectivity index (χ1n) is 6.95. The molecule has 1 aromatic heterocycles. The molecule has 1 saturated heterocycles. The van der Waals surface area contributed by atoms with Gasteiger partial charge in [-0.25, -0.2) is 4.98 Å². The van der Waals surface area contributed by atoms with Gasteiger partial charge in [0.1, 0.15) is 5.69 Å². The van der Waals surface area contributed by atoms with Gasteiger partial charge in [0.15, 0.2) is 10.2 Å². The van der Waals surface area contributed by atoms with Crippen LogP contribution in [-0.2, 0) is 0 Å². The standard InChI is InChI=1S/C13H15N5O2S2/c14-12(21)16-13-15-8-6-10(18(19)20)9(7-11(8)22-13)17-4-2-1-3-5-17/h6-7H,1-5H2,(H3,14,15,16,21). The Bertz CT molecular complexity index is 739. The van der Waals surface area contributed by atoms with Crippen LogP contribution in [0.3, 0.4) is 0 Å². The van der Waals surface area contributed by atoms with Gasteiger partial charge in [0, 0.05) is 19.2 Å². The second kappa shape index (κ2) is 6.01. The molecule has 1 aromatic carbocycles. The minimum absolute atomic E-state index is 0.0987. The van der Waals surface area contributed by atoms with Gasteiger partial charge in [-0.05, 0) is 37.5 Å². The van der Waals surface area contributed by atoms with Gasteiger partial charge in [-0.15, -0.1) is 0 Å². The predicted molar refractivity (Wildman–Crippen MR) is 92.7 cm³/mol. The van der Waals surface area contributed by atoms with Crippen molar-refractivity contribution >= 4 is 55.4 Å². The molecule has 0 amide bonds. The number of anilines is 2. The zero-order valence-electron chi connectivity index (χ0n) is 11.7. The summed E-state index contributed by atoms with van der Waals surface area (Å²) in [6.07, 6.45) is 3.30. The zero-order valence-corrected chi connectivity index (χ0v) is 13.4. The molecule has 7 nitrogen and oxygen atoms in total. The van der Waals surface area contributed by atoms with E-state index in [1.807, 2.05) is 6.07 Å². The maximum atomic E-state index is 11.4. The normalized spacial score (nSPS) is 15.0. The van der Waals surface area contributed by atoms with Gasteiger partial charge in [0.25, 0.3) is 5.69 Å². The molecule has 1 aliphatic rings. The molecule has 0 saturated carbocycles. The van der Waals surface area contributed by atoms with Crippen LogP contribution < -0.4 is 16.0 Å². The first-order valence-corrected chi connectivity index (χ1v) is 8.17. The molecule has 1 aliphatic heterocycles. The Labute approximate surface area is 136 Å². The number of rotatable bonds is 3. The minimum atomic E-state index is -0.344. The molecule has 0 spiro atoms. The summed E-state index contributed by atoms with van der Waals surface area (Å²) in [6, 6.07) is 3.38. The van der Waals surface area contributed by atoms with Gasteiger partial charge in [-0.2, -0.15) is 0 Å². The number of thiocarbonyl (C=S) groups is 1. The lowest BCUT2D eigenvalue weighted by Crippen LogP contribution is -2.29. The van der Waals surface area contributed by atoms with Crippen LogP contribution in [0.2, 0.25) is 0 Å². The van der Waals surface area contributed by atoms with Crippen LogP contribution in [0.4, 0.5) is 16.5 Å². The third-order valence-electron chi connectivity index (χ3n) is 3.61. The summed E-state index contributed by atoms with van der Waals surface area (Å²) < 4.78 is 0.880. The highest BCUT2D eigenvalue weighted by atomic mass is 32.1. The van der Waals surface area contributed by atoms with E-state index in [4.69, 9.17) is 18.0 Å². The maximum absolute atomic E-state index is 11.4. The van der Waals surface area contributed by atoms with Gasteiger partial charge in [0.2, 0.25) is 0 Å². The second-order valence-electron chi connectivity index (χ2n) is 5.12. The lowest BCUT2D eigenvalue weighted by Gasteiger charge is -2.28.